The van der Waals surface area contributed by atoms with Crippen molar-refractivity contribution in [2.24, 2.45) is 0 Å². The third kappa shape index (κ3) is 7.21. The first-order valence-electron chi connectivity index (χ1n) is 14.2. The van der Waals surface area contributed by atoms with Crippen molar-refractivity contribution < 1.29 is 14.0 Å². The third-order valence-electron chi connectivity index (χ3n) is 7.90. The van der Waals surface area contributed by atoms with Gasteiger partial charge in [-0.05, 0) is 61.2 Å². The lowest BCUT2D eigenvalue weighted by Crippen LogP contribution is -2.47. The topological polar surface area (TPSA) is 78.7 Å². The number of nitrogens with zero attached hydrogens (tertiary/aromatic N) is 3. The Balaban J connectivity index is 1.22. The van der Waals surface area contributed by atoms with E-state index >= 15 is 0 Å². The number of benzene rings is 2. The number of piperazine rings is 1. The average molecular weight is 615 g/mol. The summed E-state index contributed by atoms with van der Waals surface area (Å²) < 4.78 is 6.01. The fraction of sp³-hybridized carbons (Fsp3) is 0.324. The van der Waals surface area contributed by atoms with Crippen molar-refractivity contribution in [1.82, 2.24) is 14.8 Å². The van der Waals surface area contributed by atoms with Crippen molar-refractivity contribution in [3.63, 3.8) is 0 Å². The number of nitrogens with one attached hydrogen (secondary N) is 1. The Morgan fingerprint density at radius 3 is 2.40 bits per heavy atom. The third-order valence-corrected chi connectivity index (χ3v) is 12.3. The molecule has 1 aliphatic rings. The first kappa shape index (κ1) is 30.6. The molecule has 0 aliphatic carbocycles. The van der Waals surface area contributed by atoms with Crippen LogP contribution in [0.25, 0.3) is 22.6 Å². The maximum atomic E-state index is 13.0. The minimum atomic E-state index is -1.08. The van der Waals surface area contributed by atoms with Crippen molar-refractivity contribution >= 4 is 38.3 Å². The van der Waals surface area contributed by atoms with Crippen LogP contribution in [0.15, 0.2) is 70.5 Å². The molecule has 9 heteroatoms. The standard InChI is InChI=1S/C34H38N4O3S2/c1-34(2,3)43(5,6)21-16-24-8-7-9-27(22-24)28-23-42-33(35-28)36-31(39)30-15-14-29(41-30)25-10-12-26(13-11-25)32(40)38-19-17-37(4)18-20-38/h7-15,22-23H,17-20H2,1-6H3,(H,35,36,39). The molecule has 4 aromatic rings. The van der Waals surface area contributed by atoms with Crippen LogP contribution in [-0.4, -0.2) is 77.1 Å². The number of likely N-dealkylation sites (N-methyl/N-ethyl adjacent to an activating group) is 1. The number of carbonyl (C=O) groups is 2. The molecule has 1 aliphatic heterocycles. The lowest BCUT2D eigenvalue weighted by Gasteiger charge is -2.39. The number of thiazole rings is 1. The molecular weight excluding hydrogens is 577 g/mol. The summed E-state index contributed by atoms with van der Waals surface area (Å²) in [6, 6.07) is 18.7. The Kier molecular flexibility index (Phi) is 8.84. The summed E-state index contributed by atoms with van der Waals surface area (Å²) in [6.07, 6.45) is 4.49. The molecule has 1 saturated heterocycles. The van der Waals surface area contributed by atoms with E-state index in [2.05, 4.69) is 66.7 Å². The van der Waals surface area contributed by atoms with Gasteiger partial charge in [-0.15, -0.1) is 11.3 Å². The summed E-state index contributed by atoms with van der Waals surface area (Å²) in [4.78, 5) is 34.5. The minimum absolute atomic E-state index is 0.0344. The van der Waals surface area contributed by atoms with Gasteiger partial charge in [-0.25, -0.2) is 4.98 Å². The number of hydrogen-bond acceptors (Lipinski definition) is 6. The van der Waals surface area contributed by atoms with E-state index in [1.807, 2.05) is 58.8 Å². The first-order chi connectivity index (χ1) is 20.4. The molecule has 0 spiro atoms. The van der Waals surface area contributed by atoms with Gasteiger partial charge in [0, 0.05) is 58.6 Å². The monoisotopic (exact) mass is 614 g/mol. The van der Waals surface area contributed by atoms with Crippen molar-refractivity contribution in [2.45, 2.75) is 25.5 Å². The summed E-state index contributed by atoms with van der Waals surface area (Å²) in [6.45, 7) is 9.92. The average Bonchev–Trinajstić information content (AvgIpc) is 3.67. The van der Waals surface area contributed by atoms with E-state index in [-0.39, 0.29) is 22.3 Å². The second kappa shape index (κ2) is 12.4. The van der Waals surface area contributed by atoms with Crippen LogP contribution < -0.4 is 5.32 Å². The predicted molar refractivity (Wildman–Crippen MR) is 179 cm³/mol. The van der Waals surface area contributed by atoms with E-state index in [1.165, 1.54) is 11.3 Å². The molecule has 43 heavy (non-hydrogen) atoms. The second-order valence-corrected chi connectivity index (χ2v) is 17.0. The Bertz CT molecular complexity index is 1680. The van der Waals surface area contributed by atoms with E-state index in [0.29, 0.717) is 16.5 Å². The van der Waals surface area contributed by atoms with Gasteiger partial charge >= 0.3 is 0 Å². The molecule has 7 nitrogen and oxygen atoms in total. The fourth-order valence-corrected chi connectivity index (χ4v) is 5.70. The highest BCUT2D eigenvalue weighted by molar-refractivity contribution is 8.37. The van der Waals surface area contributed by atoms with E-state index in [0.717, 1.165) is 48.6 Å². The molecule has 2 aromatic heterocycles. The number of rotatable bonds is 5. The SMILES string of the molecule is CN1CCN(C(=O)c2ccc(-c3ccc(C(=O)Nc4nc(-c5cccc(C#CS(C)(C)C(C)(C)C)c5)cs4)o3)cc2)CC1. The van der Waals surface area contributed by atoms with Crippen LogP contribution in [-0.2, 0) is 0 Å². The van der Waals surface area contributed by atoms with Gasteiger partial charge in [0.25, 0.3) is 11.8 Å². The van der Waals surface area contributed by atoms with Crippen molar-refractivity contribution in [2.75, 3.05) is 51.1 Å². The molecule has 0 radical (unpaired) electrons. The van der Waals surface area contributed by atoms with Crippen LogP contribution in [0.2, 0.25) is 0 Å². The smallest absolute Gasteiger partial charge is 0.293 e. The Hall–Kier alpha value is -3.84. The molecule has 2 aromatic carbocycles. The van der Waals surface area contributed by atoms with E-state index in [9.17, 15) is 9.59 Å². The quantitative estimate of drug-likeness (QED) is 0.248. The van der Waals surface area contributed by atoms with E-state index in [1.54, 1.807) is 12.1 Å². The van der Waals surface area contributed by atoms with Crippen LogP contribution in [0.5, 0.6) is 0 Å². The highest BCUT2D eigenvalue weighted by Gasteiger charge is 2.26. The zero-order valence-corrected chi connectivity index (χ0v) is 27.2. The summed E-state index contributed by atoms with van der Waals surface area (Å²) in [5.74, 6) is 3.76. The van der Waals surface area contributed by atoms with Gasteiger partial charge in [-0.3, -0.25) is 14.9 Å². The van der Waals surface area contributed by atoms with Crippen LogP contribution in [0.1, 0.15) is 47.2 Å². The van der Waals surface area contributed by atoms with Gasteiger partial charge in [-0.2, -0.15) is 10.0 Å². The van der Waals surface area contributed by atoms with Crippen LogP contribution in [0.3, 0.4) is 0 Å². The summed E-state index contributed by atoms with van der Waals surface area (Å²) in [5.41, 5.74) is 4.10. The zero-order valence-electron chi connectivity index (χ0n) is 25.6. The second-order valence-electron chi connectivity index (χ2n) is 12.1. The predicted octanol–water partition coefficient (Wildman–Crippen LogP) is 6.88. The molecule has 3 heterocycles. The maximum Gasteiger partial charge on any atom is 0.293 e. The molecule has 0 unspecified atom stereocenters. The summed E-state index contributed by atoms with van der Waals surface area (Å²) in [5, 5.41) is 8.77. The van der Waals surface area contributed by atoms with Gasteiger partial charge in [0.2, 0.25) is 0 Å². The van der Waals surface area contributed by atoms with Crippen molar-refractivity contribution in [3.05, 3.63) is 82.9 Å². The Morgan fingerprint density at radius 2 is 1.70 bits per heavy atom. The molecule has 0 atom stereocenters. The lowest BCUT2D eigenvalue weighted by atomic mass is 10.1. The number of aromatic nitrogens is 1. The molecule has 0 saturated carbocycles. The number of anilines is 1. The normalized spacial score (nSPS) is 14.6. The van der Waals surface area contributed by atoms with E-state index < -0.39 is 10.0 Å². The van der Waals surface area contributed by atoms with E-state index in [4.69, 9.17) is 4.42 Å². The highest BCUT2D eigenvalue weighted by Crippen LogP contribution is 2.51. The van der Waals surface area contributed by atoms with Gasteiger partial charge < -0.3 is 14.2 Å². The van der Waals surface area contributed by atoms with Crippen molar-refractivity contribution in [1.29, 1.82) is 0 Å². The molecule has 2 amide bonds. The molecule has 5 rings (SSSR count). The summed E-state index contributed by atoms with van der Waals surface area (Å²) in [7, 11) is 0.980. The minimum Gasteiger partial charge on any atom is -0.451 e. The van der Waals surface area contributed by atoms with Crippen LogP contribution in [0, 0.1) is 11.2 Å². The van der Waals surface area contributed by atoms with Crippen LogP contribution in [0.4, 0.5) is 5.13 Å². The van der Waals surface area contributed by atoms with Crippen molar-refractivity contribution in [3.8, 4) is 33.8 Å². The number of hydrogen-bond donors (Lipinski definition) is 1. The van der Waals surface area contributed by atoms with Gasteiger partial charge in [0.05, 0.1) is 5.69 Å². The number of amides is 2. The fourth-order valence-electron chi connectivity index (χ4n) is 4.30. The highest BCUT2D eigenvalue weighted by atomic mass is 32.3. The molecule has 0 bridgehead atoms. The number of furan rings is 1. The molecule has 1 fully saturated rings. The zero-order chi connectivity index (χ0) is 30.8. The Morgan fingerprint density at radius 1 is 0.977 bits per heavy atom. The van der Waals surface area contributed by atoms with Gasteiger partial charge in [0.15, 0.2) is 10.9 Å². The molecule has 224 valence electrons. The molecule has 1 N–H and O–H groups in total. The largest absolute Gasteiger partial charge is 0.451 e. The van der Waals surface area contributed by atoms with Gasteiger partial charge in [0.1, 0.15) is 5.76 Å². The maximum absolute atomic E-state index is 13.0. The Labute approximate surface area is 259 Å². The van der Waals surface area contributed by atoms with Crippen LogP contribution >= 0.6 is 21.4 Å². The lowest BCUT2D eigenvalue weighted by molar-refractivity contribution is 0.0664. The summed E-state index contributed by atoms with van der Waals surface area (Å²) >= 11 is 1.36. The first-order valence-corrected chi connectivity index (χ1v) is 17.5. The van der Waals surface area contributed by atoms with Gasteiger partial charge in [-0.1, -0.05) is 51.0 Å². The molecular formula is C34H38N4O3S2. The number of carbonyl (C=O) groups excluding carboxylic acids is 2.